The fourth-order valence-corrected chi connectivity index (χ4v) is 4.41. The Morgan fingerprint density at radius 3 is 2.12 bits per heavy atom. The number of rotatable bonds is 2. The molecule has 0 aliphatic carbocycles. The number of carbonyl (C=O) groups excluding carboxylic acids is 1. The molecule has 124 valence electrons. The average Bonchev–Trinajstić information content (AvgIpc) is 2.65. The normalized spacial score (nSPS) is 18.6. The molecule has 0 spiro atoms. The zero-order valence-corrected chi connectivity index (χ0v) is 14.6. The molecule has 2 aliphatic heterocycles. The fraction of sp³-hybridized carbons (Fsp3) is 0.316. The minimum atomic E-state index is -0.128. The van der Waals surface area contributed by atoms with Gasteiger partial charge in [-0.15, -0.1) is 0 Å². The zero-order chi connectivity index (χ0) is 16.5. The van der Waals surface area contributed by atoms with Gasteiger partial charge in [-0.1, -0.05) is 36.0 Å². The summed E-state index contributed by atoms with van der Waals surface area (Å²) in [4.78, 5) is 19.8. The summed E-state index contributed by atoms with van der Waals surface area (Å²) in [5, 5.41) is 3.35. The number of para-hydroxylation sites is 2. The number of fused-ring (bicyclic) bond motifs is 2. The number of nitrogens with one attached hydrogen (secondary N) is 1. The van der Waals surface area contributed by atoms with E-state index in [1.807, 2.05) is 48.2 Å². The van der Waals surface area contributed by atoms with Crippen LogP contribution in [0.4, 0.5) is 11.4 Å². The molecule has 0 bridgehead atoms. The van der Waals surface area contributed by atoms with E-state index in [4.69, 9.17) is 0 Å². The van der Waals surface area contributed by atoms with Crippen LogP contribution in [-0.2, 0) is 4.79 Å². The molecule has 0 radical (unpaired) electrons. The van der Waals surface area contributed by atoms with Gasteiger partial charge in [-0.2, -0.15) is 0 Å². The van der Waals surface area contributed by atoms with Gasteiger partial charge in [0, 0.05) is 36.0 Å². The van der Waals surface area contributed by atoms with E-state index < -0.39 is 0 Å². The highest BCUT2D eigenvalue weighted by Gasteiger charge is 2.33. The Balaban J connectivity index is 1.72. The lowest BCUT2D eigenvalue weighted by Gasteiger charge is -2.37. The van der Waals surface area contributed by atoms with E-state index in [1.165, 1.54) is 0 Å². The average molecular weight is 339 g/mol. The molecule has 1 amide bonds. The monoisotopic (exact) mass is 339 g/mol. The molecular formula is C19H21N3OS. The highest BCUT2D eigenvalue weighted by molar-refractivity contribution is 7.99. The lowest BCUT2D eigenvalue weighted by Crippen LogP contribution is -2.53. The van der Waals surface area contributed by atoms with Gasteiger partial charge in [0.05, 0.1) is 17.4 Å². The molecule has 2 aromatic rings. The maximum atomic E-state index is 13.4. The molecular weight excluding hydrogens is 318 g/mol. The van der Waals surface area contributed by atoms with Gasteiger partial charge in [-0.25, -0.2) is 0 Å². The lowest BCUT2D eigenvalue weighted by atomic mass is 10.1. The summed E-state index contributed by atoms with van der Waals surface area (Å²) < 4.78 is 0. The second-order valence-corrected chi connectivity index (χ2v) is 7.26. The second kappa shape index (κ2) is 6.59. The highest BCUT2D eigenvalue weighted by Crippen LogP contribution is 2.48. The van der Waals surface area contributed by atoms with Gasteiger partial charge in [0.15, 0.2) is 0 Å². The summed E-state index contributed by atoms with van der Waals surface area (Å²) in [6.07, 6.45) is 0. The number of nitrogens with zero attached hydrogens (tertiary/aromatic N) is 2. The van der Waals surface area contributed by atoms with Gasteiger partial charge < -0.3 is 5.32 Å². The molecule has 4 nitrogen and oxygen atoms in total. The van der Waals surface area contributed by atoms with Crippen molar-refractivity contribution in [2.24, 2.45) is 0 Å². The van der Waals surface area contributed by atoms with Crippen LogP contribution in [0.2, 0.25) is 0 Å². The van der Waals surface area contributed by atoms with Crippen LogP contribution in [0, 0.1) is 0 Å². The van der Waals surface area contributed by atoms with Crippen molar-refractivity contribution >= 4 is 29.0 Å². The van der Waals surface area contributed by atoms with Gasteiger partial charge >= 0.3 is 0 Å². The number of hydrogen-bond acceptors (Lipinski definition) is 4. The predicted molar refractivity (Wildman–Crippen MR) is 98.1 cm³/mol. The number of anilines is 2. The van der Waals surface area contributed by atoms with Crippen LogP contribution in [0.5, 0.6) is 0 Å². The van der Waals surface area contributed by atoms with Gasteiger partial charge in [-0.05, 0) is 31.2 Å². The highest BCUT2D eigenvalue weighted by atomic mass is 32.2. The van der Waals surface area contributed by atoms with Crippen molar-refractivity contribution in [1.82, 2.24) is 10.2 Å². The molecule has 1 fully saturated rings. The summed E-state index contributed by atoms with van der Waals surface area (Å²) in [5.41, 5.74) is 1.99. The fourth-order valence-electron chi connectivity index (χ4n) is 3.35. The van der Waals surface area contributed by atoms with Crippen molar-refractivity contribution in [3.05, 3.63) is 48.5 Å². The van der Waals surface area contributed by atoms with Crippen LogP contribution in [0.1, 0.15) is 6.92 Å². The Hall–Kier alpha value is -1.82. The van der Waals surface area contributed by atoms with Crippen LogP contribution in [0.3, 0.4) is 0 Å². The van der Waals surface area contributed by atoms with E-state index >= 15 is 0 Å². The van der Waals surface area contributed by atoms with E-state index in [1.54, 1.807) is 11.8 Å². The molecule has 5 heteroatoms. The summed E-state index contributed by atoms with van der Waals surface area (Å²) in [5.74, 6) is 0.150. The molecule has 2 aliphatic rings. The molecule has 0 saturated carbocycles. The molecule has 24 heavy (non-hydrogen) atoms. The molecule has 2 heterocycles. The third-order valence-electron chi connectivity index (χ3n) is 4.71. The van der Waals surface area contributed by atoms with Crippen LogP contribution in [0.15, 0.2) is 58.3 Å². The SMILES string of the molecule is CC(C(=O)N1c2ccccc2Sc2ccccc21)N1CCNCC1. The van der Waals surface area contributed by atoms with Gasteiger partial charge in [-0.3, -0.25) is 14.6 Å². The van der Waals surface area contributed by atoms with Crippen LogP contribution < -0.4 is 10.2 Å². The maximum Gasteiger partial charge on any atom is 0.248 e. The predicted octanol–water partition coefficient (Wildman–Crippen LogP) is 3.11. The Morgan fingerprint density at radius 2 is 1.54 bits per heavy atom. The van der Waals surface area contributed by atoms with Crippen LogP contribution >= 0.6 is 11.8 Å². The summed E-state index contributed by atoms with van der Waals surface area (Å²) in [7, 11) is 0. The van der Waals surface area contributed by atoms with Crippen molar-refractivity contribution in [3.8, 4) is 0 Å². The lowest BCUT2D eigenvalue weighted by molar-refractivity contribution is -0.122. The minimum Gasteiger partial charge on any atom is -0.314 e. The van der Waals surface area contributed by atoms with Crippen molar-refractivity contribution in [2.75, 3.05) is 31.1 Å². The smallest absolute Gasteiger partial charge is 0.248 e. The Morgan fingerprint density at radius 1 is 1.00 bits per heavy atom. The maximum absolute atomic E-state index is 13.4. The van der Waals surface area contributed by atoms with Crippen molar-refractivity contribution in [1.29, 1.82) is 0 Å². The van der Waals surface area contributed by atoms with E-state index in [9.17, 15) is 4.79 Å². The summed E-state index contributed by atoms with van der Waals surface area (Å²) in [6, 6.07) is 16.2. The molecule has 0 aromatic heterocycles. The number of benzene rings is 2. The summed E-state index contributed by atoms with van der Waals surface area (Å²) in [6.45, 7) is 5.75. The molecule has 1 unspecified atom stereocenters. The number of piperazine rings is 1. The Bertz CT molecular complexity index is 712. The molecule has 1 atom stereocenters. The number of amides is 1. The third-order valence-corrected chi connectivity index (χ3v) is 5.84. The first-order valence-corrected chi connectivity index (χ1v) is 9.22. The van der Waals surface area contributed by atoms with Gasteiger partial charge in [0.25, 0.3) is 0 Å². The van der Waals surface area contributed by atoms with Crippen molar-refractivity contribution in [2.45, 2.75) is 22.8 Å². The minimum absolute atomic E-state index is 0.128. The number of carbonyl (C=O) groups is 1. The van der Waals surface area contributed by atoms with Crippen molar-refractivity contribution in [3.63, 3.8) is 0 Å². The molecule has 4 rings (SSSR count). The first-order chi connectivity index (χ1) is 11.8. The van der Waals surface area contributed by atoms with E-state index in [-0.39, 0.29) is 11.9 Å². The Labute approximate surface area is 146 Å². The second-order valence-electron chi connectivity index (χ2n) is 6.17. The van der Waals surface area contributed by atoms with Gasteiger partial charge in [0.2, 0.25) is 5.91 Å². The van der Waals surface area contributed by atoms with Crippen LogP contribution in [-0.4, -0.2) is 43.0 Å². The standard InChI is InChI=1S/C19H21N3OS/c1-14(21-12-10-20-11-13-21)19(23)22-15-6-2-4-8-17(15)24-18-9-5-3-7-16(18)22/h2-9,14,20H,10-13H2,1H3. The first-order valence-electron chi connectivity index (χ1n) is 8.40. The van der Waals surface area contributed by atoms with Crippen molar-refractivity contribution < 1.29 is 4.79 Å². The molecule has 2 aromatic carbocycles. The number of hydrogen-bond donors (Lipinski definition) is 1. The van der Waals surface area contributed by atoms with E-state index in [2.05, 4.69) is 22.3 Å². The summed E-state index contributed by atoms with van der Waals surface area (Å²) >= 11 is 1.73. The zero-order valence-electron chi connectivity index (χ0n) is 13.7. The third kappa shape index (κ3) is 2.73. The molecule has 1 N–H and O–H groups in total. The van der Waals surface area contributed by atoms with E-state index in [0.717, 1.165) is 47.3 Å². The molecule has 1 saturated heterocycles. The van der Waals surface area contributed by atoms with E-state index in [0.29, 0.717) is 0 Å². The Kier molecular flexibility index (Phi) is 4.31. The largest absolute Gasteiger partial charge is 0.314 e. The first kappa shape index (κ1) is 15.7. The van der Waals surface area contributed by atoms with Crippen LogP contribution in [0.25, 0.3) is 0 Å². The topological polar surface area (TPSA) is 35.6 Å². The van der Waals surface area contributed by atoms with Gasteiger partial charge in [0.1, 0.15) is 0 Å². The quantitative estimate of drug-likeness (QED) is 0.912.